The van der Waals surface area contributed by atoms with E-state index >= 15 is 0 Å². The zero-order chi connectivity index (χ0) is 14.2. The molecule has 0 fully saturated rings. The number of aromatic nitrogens is 1. The van der Waals surface area contributed by atoms with Crippen LogP contribution in [0.25, 0.3) is 5.70 Å². The van der Waals surface area contributed by atoms with Gasteiger partial charge in [-0.05, 0) is 38.0 Å². The van der Waals surface area contributed by atoms with E-state index in [2.05, 4.69) is 44.2 Å². The molecule has 2 unspecified atom stereocenters. The Balaban J connectivity index is 2.09. The quantitative estimate of drug-likeness (QED) is 0.718. The lowest BCUT2D eigenvalue weighted by Gasteiger charge is -2.40. The normalized spacial score (nSPS) is 28.1. The maximum Gasteiger partial charge on any atom is 0.160 e. The van der Waals surface area contributed by atoms with Crippen LogP contribution in [0, 0.1) is 5.92 Å². The van der Waals surface area contributed by atoms with Crippen molar-refractivity contribution in [1.29, 1.82) is 0 Å². The van der Waals surface area contributed by atoms with Crippen molar-refractivity contribution in [3.05, 3.63) is 48.4 Å². The first-order valence-corrected chi connectivity index (χ1v) is 7.29. The van der Waals surface area contributed by atoms with E-state index in [9.17, 15) is 0 Å². The molecule has 2 atom stereocenters. The van der Waals surface area contributed by atoms with Crippen LogP contribution in [0.3, 0.4) is 0 Å². The van der Waals surface area contributed by atoms with Crippen LogP contribution in [0.4, 0.5) is 0 Å². The lowest BCUT2D eigenvalue weighted by Crippen LogP contribution is -2.50. The Hall–Kier alpha value is -1.74. The van der Waals surface area contributed by atoms with E-state index < -0.39 is 0 Å². The van der Waals surface area contributed by atoms with E-state index in [1.54, 1.807) is 0 Å². The molecule has 3 nitrogen and oxygen atoms in total. The summed E-state index contributed by atoms with van der Waals surface area (Å²) >= 11 is 0. The number of allylic oxidation sites excluding steroid dienone is 2. The number of nitrogens with zero attached hydrogens (tertiary/aromatic N) is 3. The molecule has 3 rings (SSSR count). The van der Waals surface area contributed by atoms with Gasteiger partial charge >= 0.3 is 0 Å². The predicted octanol–water partition coefficient (Wildman–Crippen LogP) is 3.27. The minimum absolute atomic E-state index is 0.507. The zero-order valence-corrected chi connectivity index (χ0v) is 12.5. The summed E-state index contributed by atoms with van der Waals surface area (Å²) < 4.78 is 0.844. The molecule has 0 radical (unpaired) electrons. The standard InChI is InChI=1S/C17H22N3/c1-13-15-8-4-5-9-16(15)19-12-17(20(13,2)3)14-7-6-10-18-11-14/h5-7,9-13,15H,4,8H2,1-3H3/q+1. The number of hydrogen-bond acceptors (Lipinski definition) is 2. The van der Waals surface area contributed by atoms with Gasteiger partial charge in [-0.25, -0.2) is 0 Å². The second-order valence-corrected chi connectivity index (χ2v) is 6.18. The van der Waals surface area contributed by atoms with Gasteiger partial charge in [0, 0.05) is 18.1 Å². The minimum atomic E-state index is 0.507. The summed E-state index contributed by atoms with van der Waals surface area (Å²) in [5.74, 6) is 0.542. The molecule has 2 aliphatic rings. The predicted molar refractivity (Wildman–Crippen MR) is 83.1 cm³/mol. The highest BCUT2D eigenvalue weighted by Crippen LogP contribution is 2.35. The maximum atomic E-state index is 4.77. The summed E-state index contributed by atoms with van der Waals surface area (Å²) in [6, 6.07) is 4.62. The van der Waals surface area contributed by atoms with Crippen LogP contribution < -0.4 is 0 Å². The van der Waals surface area contributed by atoms with Crippen LogP contribution in [0.15, 0.2) is 47.9 Å². The van der Waals surface area contributed by atoms with Gasteiger partial charge in [0.2, 0.25) is 0 Å². The Labute approximate surface area is 121 Å². The van der Waals surface area contributed by atoms with Crippen LogP contribution in [-0.2, 0) is 0 Å². The van der Waals surface area contributed by atoms with Crippen molar-refractivity contribution in [2.75, 3.05) is 14.1 Å². The second kappa shape index (κ2) is 4.98. The molecule has 3 heteroatoms. The van der Waals surface area contributed by atoms with E-state index in [4.69, 9.17) is 4.99 Å². The van der Waals surface area contributed by atoms with Crippen molar-refractivity contribution in [3.63, 3.8) is 0 Å². The number of aliphatic imine (C=N–C) groups is 1. The van der Waals surface area contributed by atoms with E-state index in [1.807, 2.05) is 24.7 Å². The van der Waals surface area contributed by atoms with Gasteiger partial charge in [-0.15, -0.1) is 0 Å². The summed E-state index contributed by atoms with van der Waals surface area (Å²) in [7, 11) is 4.56. The first-order chi connectivity index (χ1) is 9.60. The summed E-state index contributed by atoms with van der Waals surface area (Å²) in [6.45, 7) is 2.34. The fraction of sp³-hybridized carbons (Fsp3) is 0.412. The highest BCUT2D eigenvalue weighted by atomic mass is 15.4. The third-order valence-corrected chi connectivity index (χ3v) is 4.83. The van der Waals surface area contributed by atoms with Gasteiger partial charge in [-0.3, -0.25) is 14.5 Å². The molecule has 0 aromatic carbocycles. The number of fused-ring (bicyclic) bond motifs is 1. The van der Waals surface area contributed by atoms with Crippen LogP contribution in [0.2, 0.25) is 0 Å². The molecule has 0 saturated carbocycles. The molecule has 0 N–H and O–H groups in total. The molecular formula is C17H22N3+. The fourth-order valence-corrected chi connectivity index (χ4v) is 3.25. The van der Waals surface area contributed by atoms with Crippen molar-refractivity contribution in [3.8, 4) is 0 Å². The monoisotopic (exact) mass is 268 g/mol. The number of quaternary nitrogens is 1. The number of hydrogen-bond donors (Lipinski definition) is 0. The van der Waals surface area contributed by atoms with Crippen molar-refractivity contribution < 1.29 is 4.48 Å². The second-order valence-electron chi connectivity index (χ2n) is 6.18. The van der Waals surface area contributed by atoms with Gasteiger partial charge in [0.05, 0.1) is 37.8 Å². The molecule has 104 valence electrons. The smallest absolute Gasteiger partial charge is 0.160 e. The van der Waals surface area contributed by atoms with Gasteiger partial charge in [0.1, 0.15) is 0 Å². The average molecular weight is 268 g/mol. The van der Waals surface area contributed by atoms with E-state index in [0.29, 0.717) is 12.0 Å². The Kier molecular flexibility index (Phi) is 3.30. The van der Waals surface area contributed by atoms with E-state index in [1.165, 1.54) is 17.8 Å². The molecule has 1 aromatic rings. The summed E-state index contributed by atoms with van der Waals surface area (Å²) in [6.07, 6.45) is 12.6. The molecule has 0 bridgehead atoms. The van der Waals surface area contributed by atoms with Crippen molar-refractivity contribution in [1.82, 2.24) is 4.98 Å². The summed E-state index contributed by atoms with van der Waals surface area (Å²) in [5.41, 5.74) is 3.63. The largest absolute Gasteiger partial charge is 0.291 e. The highest BCUT2D eigenvalue weighted by Gasteiger charge is 2.40. The highest BCUT2D eigenvalue weighted by molar-refractivity contribution is 5.99. The Morgan fingerprint density at radius 1 is 1.30 bits per heavy atom. The number of pyridine rings is 1. The van der Waals surface area contributed by atoms with Crippen molar-refractivity contribution in [2.24, 2.45) is 10.9 Å². The van der Waals surface area contributed by atoms with Gasteiger partial charge in [0.25, 0.3) is 0 Å². The summed E-state index contributed by atoms with van der Waals surface area (Å²) in [5, 5.41) is 0. The molecular weight excluding hydrogens is 246 g/mol. The molecule has 0 saturated heterocycles. The van der Waals surface area contributed by atoms with Gasteiger partial charge in [0.15, 0.2) is 5.70 Å². The van der Waals surface area contributed by atoms with Gasteiger partial charge < -0.3 is 0 Å². The van der Waals surface area contributed by atoms with Crippen LogP contribution >= 0.6 is 0 Å². The first-order valence-electron chi connectivity index (χ1n) is 7.29. The minimum Gasteiger partial charge on any atom is -0.291 e. The third kappa shape index (κ3) is 2.12. The molecule has 0 spiro atoms. The Morgan fingerprint density at radius 2 is 2.15 bits per heavy atom. The molecule has 2 heterocycles. The van der Waals surface area contributed by atoms with Gasteiger partial charge in [-0.1, -0.05) is 6.08 Å². The maximum absolute atomic E-state index is 4.77. The third-order valence-electron chi connectivity index (χ3n) is 4.83. The number of rotatable bonds is 1. The Morgan fingerprint density at radius 3 is 2.90 bits per heavy atom. The SMILES string of the molecule is CC1C2CCC=CC2=NC=C(c2cccnc2)[N+]1(C)C. The van der Waals surface area contributed by atoms with Crippen molar-refractivity contribution in [2.45, 2.75) is 25.8 Å². The molecule has 1 aromatic heterocycles. The van der Waals surface area contributed by atoms with Crippen LogP contribution in [0.1, 0.15) is 25.3 Å². The molecule has 0 amide bonds. The molecule has 1 aliphatic heterocycles. The lowest BCUT2D eigenvalue weighted by molar-refractivity contribution is -0.846. The zero-order valence-electron chi connectivity index (χ0n) is 12.5. The molecule has 1 aliphatic carbocycles. The average Bonchev–Trinajstić information content (AvgIpc) is 2.57. The van der Waals surface area contributed by atoms with E-state index in [-0.39, 0.29) is 0 Å². The first kappa shape index (κ1) is 13.3. The lowest BCUT2D eigenvalue weighted by atomic mass is 9.85. The molecule has 20 heavy (non-hydrogen) atoms. The van der Waals surface area contributed by atoms with Gasteiger partial charge in [-0.2, -0.15) is 0 Å². The van der Waals surface area contributed by atoms with Crippen LogP contribution in [0.5, 0.6) is 0 Å². The van der Waals surface area contributed by atoms with Crippen LogP contribution in [-0.4, -0.2) is 35.3 Å². The topological polar surface area (TPSA) is 25.2 Å². The Bertz CT molecular complexity index is 582. The fourth-order valence-electron chi connectivity index (χ4n) is 3.25. The van der Waals surface area contributed by atoms with E-state index in [0.717, 1.165) is 16.5 Å². The van der Waals surface area contributed by atoms with Crippen molar-refractivity contribution >= 4 is 11.4 Å². The summed E-state index contributed by atoms with van der Waals surface area (Å²) in [4.78, 5) is 9.03.